The lowest BCUT2D eigenvalue weighted by Crippen LogP contribution is -2.11. The predicted molar refractivity (Wildman–Crippen MR) is 114 cm³/mol. The smallest absolute Gasteiger partial charge is 0.182 e. The minimum atomic E-state index is -3.48. The fourth-order valence-electron chi connectivity index (χ4n) is 3.19. The van der Waals surface area contributed by atoms with E-state index in [-0.39, 0.29) is 24.4 Å². The number of hydrogen-bond acceptors (Lipinski definition) is 4. The lowest BCUT2D eigenvalue weighted by molar-refractivity contribution is -0.117. The van der Waals surface area contributed by atoms with Crippen LogP contribution in [-0.4, -0.2) is 21.3 Å². The summed E-state index contributed by atoms with van der Waals surface area (Å²) in [6.07, 6.45) is 0.465. The molecule has 0 fully saturated rings. The Labute approximate surface area is 172 Å². The third-order valence-electron chi connectivity index (χ3n) is 4.77. The highest BCUT2D eigenvalue weighted by Gasteiger charge is 2.18. The van der Waals surface area contributed by atoms with E-state index in [0.29, 0.717) is 16.2 Å². The molecule has 0 amide bonds. The summed E-state index contributed by atoms with van der Waals surface area (Å²) in [5.74, 6) is 0.608. The van der Waals surface area contributed by atoms with Gasteiger partial charge in [0.2, 0.25) is 0 Å². The van der Waals surface area contributed by atoms with E-state index in [4.69, 9.17) is 4.74 Å². The summed E-state index contributed by atoms with van der Waals surface area (Å²) in [4.78, 5) is 12.9. The van der Waals surface area contributed by atoms with Gasteiger partial charge >= 0.3 is 0 Å². The molecule has 0 saturated carbocycles. The maximum Gasteiger partial charge on any atom is 0.182 e. The Hall–Kier alpha value is -2.92. The molecular formula is C24H24O4S. The molecule has 0 aliphatic rings. The molecule has 3 rings (SSSR count). The van der Waals surface area contributed by atoms with E-state index in [1.165, 1.54) is 0 Å². The molecule has 0 aliphatic carbocycles. The molecule has 29 heavy (non-hydrogen) atoms. The van der Waals surface area contributed by atoms with Crippen LogP contribution in [-0.2, 0) is 33.2 Å². The third-order valence-corrected chi connectivity index (χ3v) is 6.45. The minimum Gasteiger partial charge on any atom is -0.497 e. The fraction of sp³-hybridized carbons (Fsp3) is 0.208. The molecule has 0 N–H and O–H groups in total. The molecule has 0 atom stereocenters. The van der Waals surface area contributed by atoms with Gasteiger partial charge in [0.25, 0.3) is 0 Å². The number of ether oxygens (including phenoxy) is 1. The summed E-state index contributed by atoms with van der Waals surface area (Å²) in [6.45, 7) is 1.92. The number of Topliss-reactive ketones (excluding diaryl/α,β-unsaturated/α-hetero) is 1. The van der Waals surface area contributed by atoms with E-state index < -0.39 is 9.84 Å². The number of aryl methyl sites for hydroxylation is 1. The first-order valence-electron chi connectivity index (χ1n) is 9.38. The number of carbonyl (C=O) groups excluding carboxylic acids is 1. The molecule has 0 heterocycles. The van der Waals surface area contributed by atoms with Gasteiger partial charge in [0, 0.05) is 12.8 Å². The number of carbonyl (C=O) groups is 1. The van der Waals surface area contributed by atoms with Crippen molar-refractivity contribution in [3.63, 3.8) is 0 Å². The van der Waals surface area contributed by atoms with Crippen LogP contribution in [0.2, 0.25) is 0 Å². The molecule has 3 aromatic carbocycles. The second-order valence-electron chi connectivity index (χ2n) is 7.08. The van der Waals surface area contributed by atoms with Crippen molar-refractivity contribution in [2.24, 2.45) is 0 Å². The molecule has 0 saturated heterocycles. The Morgan fingerprint density at radius 3 is 2.24 bits per heavy atom. The third kappa shape index (κ3) is 5.55. The highest BCUT2D eigenvalue weighted by atomic mass is 32.2. The second kappa shape index (κ2) is 9.05. The molecule has 4 nitrogen and oxygen atoms in total. The molecule has 0 radical (unpaired) electrons. The number of benzene rings is 3. The first kappa shape index (κ1) is 20.8. The van der Waals surface area contributed by atoms with E-state index >= 15 is 0 Å². The largest absolute Gasteiger partial charge is 0.497 e. The van der Waals surface area contributed by atoms with Gasteiger partial charge in [-0.1, -0.05) is 54.1 Å². The van der Waals surface area contributed by atoms with Crippen LogP contribution in [0.15, 0.2) is 77.7 Å². The summed E-state index contributed by atoms with van der Waals surface area (Å²) in [5.41, 5.74) is 3.29. The fourth-order valence-corrected chi connectivity index (χ4v) is 4.60. The van der Waals surface area contributed by atoms with Crippen molar-refractivity contribution in [2.75, 3.05) is 7.11 Å². The first-order valence-corrected chi connectivity index (χ1v) is 11.0. The monoisotopic (exact) mass is 408 g/mol. The average Bonchev–Trinajstić information content (AvgIpc) is 2.69. The van der Waals surface area contributed by atoms with Gasteiger partial charge in [-0.25, -0.2) is 8.42 Å². The van der Waals surface area contributed by atoms with Crippen molar-refractivity contribution in [1.29, 1.82) is 0 Å². The zero-order valence-electron chi connectivity index (χ0n) is 16.6. The summed E-state index contributed by atoms with van der Waals surface area (Å²) < 4.78 is 30.8. The molecule has 0 spiro atoms. The Kier molecular flexibility index (Phi) is 6.49. The highest BCUT2D eigenvalue weighted by Crippen LogP contribution is 2.21. The number of hydrogen-bond donors (Lipinski definition) is 0. The van der Waals surface area contributed by atoms with Crippen molar-refractivity contribution < 1.29 is 17.9 Å². The van der Waals surface area contributed by atoms with E-state index in [2.05, 4.69) is 0 Å². The molecule has 150 valence electrons. The lowest BCUT2D eigenvalue weighted by Gasteiger charge is -2.11. The van der Waals surface area contributed by atoms with E-state index in [9.17, 15) is 13.2 Å². The van der Waals surface area contributed by atoms with Gasteiger partial charge in [0.05, 0.1) is 17.8 Å². The van der Waals surface area contributed by atoms with Gasteiger partial charge < -0.3 is 4.74 Å². The zero-order chi connectivity index (χ0) is 20.9. The summed E-state index contributed by atoms with van der Waals surface area (Å²) in [6, 6.07) is 21.5. The maximum absolute atomic E-state index is 12.8. The number of ketones is 1. The van der Waals surface area contributed by atoms with E-state index in [1.54, 1.807) is 43.5 Å². The lowest BCUT2D eigenvalue weighted by atomic mass is 9.99. The summed E-state index contributed by atoms with van der Waals surface area (Å²) >= 11 is 0. The van der Waals surface area contributed by atoms with Crippen LogP contribution < -0.4 is 4.74 Å². The molecule has 0 aliphatic heterocycles. The number of methoxy groups -OCH3 is 1. The molecular weight excluding hydrogens is 384 g/mol. The summed E-state index contributed by atoms with van der Waals surface area (Å²) in [5, 5.41) is 0. The van der Waals surface area contributed by atoms with Crippen LogP contribution in [0.3, 0.4) is 0 Å². The molecule has 0 unspecified atom stereocenters. The number of rotatable bonds is 8. The Bertz CT molecular complexity index is 1100. The van der Waals surface area contributed by atoms with Gasteiger partial charge in [-0.15, -0.1) is 0 Å². The van der Waals surface area contributed by atoms with Crippen LogP contribution in [0.4, 0.5) is 0 Å². The van der Waals surface area contributed by atoms with E-state index in [1.807, 2.05) is 43.3 Å². The molecule has 3 aromatic rings. The normalized spacial score (nSPS) is 11.2. The highest BCUT2D eigenvalue weighted by molar-refractivity contribution is 7.90. The maximum atomic E-state index is 12.8. The van der Waals surface area contributed by atoms with Gasteiger partial charge in [-0.3, -0.25) is 4.79 Å². The molecule has 5 heteroatoms. The standard InChI is InChI=1S/C24H24O4S/c1-18-10-12-24(13-11-18)29(26,27)17-21-8-4-3-7-20(21)16-22(25)14-19-6-5-9-23(15-19)28-2/h3-13,15H,14,16-17H2,1-2H3. The van der Waals surface area contributed by atoms with Crippen LogP contribution >= 0.6 is 0 Å². The van der Waals surface area contributed by atoms with Crippen molar-refractivity contribution >= 4 is 15.6 Å². The van der Waals surface area contributed by atoms with Crippen molar-refractivity contribution in [3.05, 3.63) is 95.1 Å². The van der Waals surface area contributed by atoms with Gasteiger partial charge in [-0.05, 0) is 47.9 Å². The quantitative estimate of drug-likeness (QED) is 0.557. The Balaban J connectivity index is 1.76. The molecule has 0 bridgehead atoms. The zero-order valence-corrected chi connectivity index (χ0v) is 17.4. The summed E-state index contributed by atoms with van der Waals surface area (Å²) in [7, 11) is -1.90. The van der Waals surface area contributed by atoms with E-state index in [0.717, 1.165) is 16.7 Å². The van der Waals surface area contributed by atoms with Crippen LogP contribution in [0, 0.1) is 6.92 Å². The Morgan fingerprint density at radius 2 is 1.55 bits per heavy atom. The topological polar surface area (TPSA) is 60.4 Å². The Morgan fingerprint density at radius 1 is 0.862 bits per heavy atom. The molecule has 0 aromatic heterocycles. The van der Waals surface area contributed by atoms with Crippen molar-refractivity contribution in [3.8, 4) is 5.75 Å². The van der Waals surface area contributed by atoms with Gasteiger partial charge in [0.15, 0.2) is 9.84 Å². The van der Waals surface area contributed by atoms with Crippen LogP contribution in [0.25, 0.3) is 0 Å². The SMILES string of the molecule is COc1cccc(CC(=O)Cc2ccccc2CS(=O)(=O)c2ccc(C)cc2)c1. The minimum absolute atomic E-state index is 0.0263. The van der Waals surface area contributed by atoms with Crippen molar-refractivity contribution in [2.45, 2.75) is 30.4 Å². The van der Waals surface area contributed by atoms with Crippen LogP contribution in [0.5, 0.6) is 5.75 Å². The second-order valence-corrected chi connectivity index (χ2v) is 9.07. The predicted octanol–water partition coefficient (Wildman–Crippen LogP) is 4.33. The van der Waals surface area contributed by atoms with Gasteiger partial charge in [-0.2, -0.15) is 0 Å². The number of sulfone groups is 1. The van der Waals surface area contributed by atoms with Crippen LogP contribution in [0.1, 0.15) is 22.3 Å². The average molecular weight is 409 g/mol. The van der Waals surface area contributed by atoms with Gasteiger partial charge in [0.1, 0.15) is 11.5 Å². The van der Waals surface area contributed by atoms with Crippen molar-refractivity contribution in [1.82, 2.24) is 0 Å². The first-order chi connectivity index (χ1) is 13.9.